The predicted octanol–water partition coefficient (Wildman–Crippen LogP) is 0.363. The van der Waals surface area contributed by atoms with E-state index in [1.165, 1.54) is 0 Å². The molecule has 6 heteroatoms. The normalized spacial score (nSPS) is 10.2. The van der Waals surface area contributed by atoms with Crippen molar-refractivity contribution in [2.75, 3.05) is 20.8 Å². The number of benzene rings is 2. The van der Waals surface area contributed by atoms with Crippen molar-refractivity contribution in [2.45, 2.75) is 6.92 Å². The molecule has 118 valence electrons. The van der Waals surface area contributed by atoms with E-state index in [1.54, 1.807) is 32.4 Å². The zero-order chi connectivity index (χ0) is 15.9. The van der Waals surface area contributed by atoms with Crippen molar-refractivity contribution in [3.63, 3.8) is 0 Å². The Balaban J connectivity index is 0.00000264. The van der Waals surface area contributed by atoms with Crippen LogP contribution >= 0.6 is 8.58 Å². The zero-order valence-corrected chi connectivity index (χ0v) is 14.9. The summed E-state index contributed by atoms with van der Waals surface area (Å²) in [5.41, 5.74) is 0.471. The fraction of sp³-hybridized carbons (Fsp3) is 0.235. The molecule has 0 saturated heterocycles. The average Bonchev–Trinajstić information content (AvgIpc) is 2.56. The van der Waals surface area contributed by atoms with Gasteiger partial charge < -0.3 is 15.6 Å². The van der Waals surface area contributed by atoms with Crippen LogP contribution in [-0.4, -0.2) is 26.4 Å². The quantitative estimate of drug-likeness (QED) is 0.545. The molecule has 1 unspecified atom stereocenters. The molecule has 0 heterocycles. The summed E-state index contributed by atoms with van der Waals surface area (Å²) >= 11 is 0. The maximum absolute atomic E-state index is 12.6. The molecule has 0 radical (unpaired) electrons. The predicted molar refractivity (Wildman–Crippen MR) is 90.5 cm³/mol. The van der Waals surface area contributed by atoms with Gasteiger partial charge in [0.15, 0.2) is 5.52 Å². The Labute approximate surface area is 152 Å². The summed E-state index contributed by atoms with van der Waals surface area (Å²) in [7, 11) is 3.09. The molecule has 0 aromatic heterocycles. The standard InChI is InChI=1S/C17H19O4P.Li.H/c1-4-21-12-8-10-13(11-9-12)22-17(18)16-14(19-2)6-5-7-15(16)20-3;;/h5-11,22H,4H2,1-3H3;;/q;+1;-1. The van der Waals surface area contributed by atoms with Crippen molar-refractivity contribution in [2.24, 2.45) is 0 Å². The monoisotopic (exact) mass is 326 g/mol. The summed E-state index contributed by atoms with van der Waals surface area (Å²) in [6, 6.07) is 12.9. The average molecular weight is 326 g/mol. The molecule has 0 aliphatic rings. The Morgan fingerprint density at radius 1 is 1.04 bits per heavy atom. The molecule has 0 bridgehead atoms. The molecular formula is C17H20LiO4P. The second-order valence-electron chi connectivity index (χ2n) is 4.45. The van der Waals surface area contributed by atoms with E-state index >= 15 is 0 Å². The molecule has 0 aliphatic heterocycles. The van der Waals surface area contributed by atoms with E-state index in [1.807, 2.05) is 31.2 Å². The van der Waals surface area contributed by atoms with Gasteiger partial charge in [0.25, 0.3) is 0 Å². The van der Waals surface area contributed by atoms with Crippen LogP contribution in [0.5, 0.6) is 17.2 Å². The SMILES string of the molecule is CCOc1ccc(PC(=O)c2c(OC)cccc2OC)cc1.[H-].[Li+]. The van der Waals surface area contributed by atoms with Crippen LogP contribution in [0, 0.1) is 0 Å². The van der Waals surface area contributed by atoms with Crippen LogP contribution in [0.25, 0.3) is 0 Å². The van der Waals surface area contributed by atoms with Gasteiger partial charge in [-0.25, -0.2) is 0 Å². The van der Waals surface area contributed by atoms with E-state index in [4.69, 9.17) is 14.2 Å². The Hall–Kier alpha value is -1.46. The van der Waals surface area contributed by atoms with Gasteiger partial charge in [0.2, 0.25) is 0 Å². The summed E-state index contributed by atoms with van der Waals surface area (Å²) in [4.78, 5) is 12.6. The number of hydrogen-bond acceptors (Lipinski definition) is 4. The van der Waals surface area contributed by atoms with Crippen molar-refractivity contribution in [1.29, 1.82) is 0 Å². The van der Waals surface area contributed by atoms with Crippen molar-refractivity contribution in [3.8, 4) is 17.2 Å². The summed E-state index contributed by atoms with van der Waals surface area (Å²) < 4.78 is 16.0. The van der Waals surface area contributed by atoms with Gasteiger partial charge in [0.05, 0.1) is 20.8 Å². The van der Waals surface area contributed by atoms with Crippen LogP contribution in [0.3, 0.4) is 0 Å². The van der Waals surface area contributed by atoms with Crippen LogP contribution in [-0.2, 0) is 0 Å². The first-order valence-electron chi connectivity index (χ1n) is 6.94. The Morgan fingerprint density at radius 2 is 1.61 bits per heavy atom. The minimum atomic E-state index is -0.0153. The fourth-order valence-electron chi connectivity index (χ4n) is 2.07. The molecule has 2 aromatic rings. The Bertz CT molecular complexity index is 627. The molecule has 0 saturated carbocycles. The summed E-state index contributed by atoms with van der Waals surface area (Å²) in [6.07, 6.45) is 0. The van der Waals surface area contributed by atoms with E-state index in [2.05, 4.69) is 0 Å². The van der Waals surface area contributed by atoms with Gasteiger partial charge in [-0.15, -0.1) is 0 Å². The third-order valence-corrected chi connectivity index (χ3v) is 4.18. The van der Waals surface area contributed by atoms with E-state index < -0.39 is 0 Å². The van der Waals surface area contributed by atoms with Crippen molar-refractivity contribution >= 4 is 19.4 Å². The third-order valence-electron chi connectivity index (χ3n) is 3.08. The molecule has 2 aromatic carbocycles. The molecule has 4 nitrogen and oxygen atoms in total. The molecule has 0 fully saturated rings. The van der Waals surface area contributed by atoms with Gasteiger partial charge in [-0.3, -0.25) is 4.79 Å². The Morgan fingerprint density at radius 3 is 2.09 bits per heavy atom. The number of hydrogen-bond donors (Lipinski definition) is 0. The maximum Gasteiger partial charge on any atom is 1.00 e. The summed E-state index contributed by atoms with van der Waals surface area (Å²) in [5, 5.41) is 0.946. The van der Waals surface area contributed by atoms with Crippen LogP contribution in [0.15, 0.2) is 42.5 Å². The van der Waals surface area contributed by atoms with Crippen LogP contribution in [0.2, 0.25) is 0 Å². The molecule has 0 N–H and O–H groups in total. The minimum Gasteiger partial charge on any atom is -1.00 e. The topological polar surface area (TPSA) is 44.8 Å². The van der Waals surface area contributed by atoms with Crippen LogP contribution < -0.4 is 38.4 Å². The first-order valence-corrected chi connectivity index (χ1v) is 7.94. The van der Waals surface area contributed by atoms with Gasteiger partial charge in [0.1, 0.15) is 22.8 Å². The largest absolute Gasteiger partial charge is 1.00 e. The van der Waals surface area contributed by atoms with Crippen LogP contribution in [0.4, 0.5) is 0 Å². The van der Waals surface area contributed by atoms with Crippen molar-refractivity contribution in [1.82, 2.24) is 0 Å². The molecule has 0 spiro atoms. The van der Waals surface area contributed by atoms with Gasteiger partial charge in [-0.05, 0) is 45.1 Å². The number of rotatable bonds is 7. The second kappa shape index (κ2) is 9.63. The second-order valence-corrected chi connectivity index (χ2v) is 5.73. The minimum absolute atomic E-state index is 0. The maximum atomic E-state index is 12.6. The number of carbonyl (C=O) groups is 1. The number of carbonyl (C=O) groups excluding carboxylic acids is 1. The van der Waals surface area contributed by atoms with Crippen LogP contribution in [0.1, 0.15) is 18.7 Å². The van der Waals surface area contributed by atoms with Gasteiger partial charge in [0, 0.05) is 0 Å². The third kappa shape index (κ3) is 5.01. The molecular weight excluding hydrogens is 306 g/mol. The first kappa shape index (κ1) is 19.6. The summed E-state index contributed by atoms with van der Waals surface area (Å²) in [5.74, 6) is 1.86. The molecule has 2 rings (SSSR count). The molecule has 0 aliphatic carbocycles. The smallest absolute Gasteiger partial charge is 1.00 e. The zero-order valence-electron chi connectivity index (χ0n) is 14.9. The van der Waals surface area contributed by atoms with Gasteiger partial charge in [-0.1, -0.05) is 18.2 Å². The van der Waals surface area contributed by atoms with E-state index in [9.17, 15) is 4.79 Å². The van der Waals surface area contributed by atoms with E-state index in [-0.39, 0.29) is 34.4 Å². The van der Waals surface area contributed by atoms with Crippen molar-refractivity contribution in [3.05, 3.63) is 48.0 Å². The fourth-order valence-corrected chi connectivity index (χ4v) is 3.04. The van der Waals surface area contributed by atoms with E-state index in [0.29, 0.717) is 23.7 Å². The van der Waals surface area contributed by atoms with E-state index in [0.717, 1.165) is 11.1 Å². The number of ether oxygens (including phenoxy) is 3. The van der Waals surface area contributed by atoms with Gasteiger partial charge >= 0.3 is 18.9 Å². The first-order chi connectivity index (χ1) is 10.7. The van der Waals surface area contributed by atoms with Crippen molar-refractivity contribution < 1.29 is 39.3 Å². The molecule has 0 amide bonds. The molecule has 23 heavy (non-hydrogen) atoms. The molecule has 1 atom stereocenters. The van der Waals surface area contributed by atoms with Gasteiger partial charge in [-0.2, -0.15) is 0 Å². The summed E-state index contributed by atoms with van der Waals surface area (Å²) in [6.45, 7) is 2.56. The Kier molecular flexibility index (Phi) is 8.20. The number of methoxy groups -OCH3 is 2.